The van der Waals surface area contributed by atoms with E-state index in [1.165, 1.54) is 4.88 Å². The van der Waals surface area contributed by atoms with Gasteiger partial charge in [-0.2, -0.15) is 0 Å². The molecule has 1 aromatic heterocycles. The van der Waals surface area contributed by atoms with Gasteiger partial charge in [-0.1, -0.05) is 30.3 Å². The molecule has 0 saturated heterocycles. The average Bonchev–Trinajstić information content (AvgIpc) is 2.96. The Hall–Kier alpha value is -2.41. The van der Waals surface area contributed by atoms with Crippen molar-refractivity contribution < 1.29 is 4.79 Å². The van der Waals surface area contributed by atoms with Crippen molar-refractivity contribution in [1.29, 1.82) is 0 Å². The second-order valence-corrected chi connectivity index (χ2v) is 7.17. The maximum absolute atomic E-state index is 12.0. The van der Waals surface area contributed by atoms with Crippen LogP contribution in [0.2, 0.25) is 0 Å². The van der Waals surface area contributed by atoms with Crippen molar-refractivity contribution in [2.45, 2.75) is 33.7 Å². The second-order valence-electron chi connectivity index (χ2n) is 5.88. The highest BCUT2D eigenvalue weighted by atomic mass is 32.1. The van der Waals surface area contributed by atoms with Crippen molar-refractivity contribution in [3.05, 3.63) is 51.5 Å². The summed E-state index contributed by atoms with van der Waals surface area (Å²) in [4.78, 5) is 22.1. The summed E-state index contributed by atoms with van der Waals surface area (Å²) in [5, 5.41) is 10.4. The number of carbonyl (C=O) groups excluding carboxylic acids is 1. The molecule has 1 amide bonds. The zero-order chi connectivity index (χ0) is 18.8. The quantitative estimate of drug-likeness (QED) is 0.489. The number of nitrogens with one attached hydrogen (secondary N) is 3. The first kappa shape index (κ1) is 19.9. The fourth-order valence-corrected chi connectivity index (χ4v) is 3.21. The Balaban J connectivity index is 1.76. The van der Waals surface area contributed by atoms with Crippen molar-refractivity contribution in [3.8, 4) is 0 Å². The van der Waals surface area contributed by atoms with Crippen LogP contribution in [0.4, 0.5) is 0 Å². The van der Waals surface area contributed by atoms with E-state index in [4.69, 9.17) is 0 Å². The number of nitrogens with zero attached hydrogens (tertiary/aromatic N) is 2. The number of aliphatic imine (C=N–C) groups is 1. The summed E-state index contributed by atoms with van der Waals surface area (Å²) in [7, 11) is 0. The van der Waals surface area contributed by atoms with E-state index in [9.17, 15) is 4.79 Å². The number of benzene rings is 1. The molecule has 6 nitrogen and oxygen atoms in total. The molecule has 7 heteroatoms. The highest BCUT2D eigenvalue weighted by molar-refractivity contribution is 7.11. The molecule has 0 bridgehead atoms. The first-order valence-electron chi connectivity index (χ1n) is 8.84. The number of hydrogen-bond acceptors (Lipinski definition) is 4. The van der Waals surface area contributed by atoms with Crippen molar-refractivity contribution in [1.82, 2.24) is 20.9 Å². The first-order valence-corrected chi connectivity index (χ1v) is 9.66. The van der Waals surface area contributed by atoms with Gasteiger partial charge < -0.3 is 16.0 Å². The maximum Gasteiger partial charge on any atom is 0.242 e. The number of aryl methyl sites for hydroxylation is 2. The van der Waals surface area contributed by atoms with E-state index in [2.05, 4.69) is 32.9 Å². The van der Waals surface area contributed by atoms with Crippen LogP contribution in [0.3, 0.4) is 0 Å². The minimum Gasteiger partial charge on any atom is -0.357 e. The third-order valence-corrected chi connectivity index (χ3v) is 4.89. The van der Waals surface area contributed by atoms with E-state index in [0.29, 0.717) is 12.5 Å². The molecule has 0 saturated carbocycles. The van der Waals surface area contributed by atoms with Gasteiger partial charge in [-0.15, -0.1) is 11.3 Å². The van der Waals surface area contributed by atoms with Crippen LogP contribution in [-0.4, -0.2) is 36.5 Å². The lowest BCUT2D eigenvalue weighted by Gasteiger charge is -2.10. The molecule has 26 heavy (non-hydrogen) atoms. The Kier molecular flexibility index (Phi) is 8.08. The number of thiazole rings is 1. The van der Waals surface area contributed by atoms with E-state index in [1.54, 1.807) is 11.3 Å². The van der Waals surface area contributed by atoms with Crippen LogP contribution in [-0.2, 0) is 17.8 Å². The van der Waals surface area contributed by atoms with Crippen molar-refractivity contribution in [2.24, 2.45) is 4.99 Å². The number of carbonyl (C=O) groups is 1. The SMILES string of the molecule is CCNC(=NCC(=O)NCc1ccccc1)NCCc1nc(C)c(C)s1. The highest BCUT2D eigenvalue weighted by Gasteiger charge is 2.05. The van der Waals surface area contributed by atoms with Crippen LogP contribution in [0.15, 0.2) is 35.3 Å². The van der Waals surface area contributed by atoms with Crippen LogP contribution >= 0.6 is 11.3 Å². The van der Waals surface area contributed by atoms with Crippen molar-refractivity contribution in [3.63, 3.8) is 0 Å². The maximum atomic E-state index is 12.0. The normalized spacial score (nSPS) is 11.3. The van der Waals surface area contributed by atoms with Crippen LogP contribution in [0.5, 0.6) is 0 Å². The summed E-state index contributed by atoms with van der Waals surface area (Å²) in [5.41, 5.74) is 2.17. The van der Waals surface area contributed by atoms with Gasteiger partial charge in [-0.05, 0) is 26.3 Å². The van der Waals surface area contributed by atoms with Crippen LogP contribution < -0.4 is 16.0 Å². The molecule has 140 valence electrons. The van der Waals surface area contributed by atoms with Gasteiger partial charge in [-0.25, -0.2) is 9.98 Å². The first-order chi connectivity index (χ1) is 12.6. The third kappa shape index (κ3) is 6.84. The van der Waals surface area contributed by atoms with Gasteiger partial charge in [0.05, 0.1) is 10.7 Å². The molecule has 0 spiro atoms. The van der Waals surface area contributed by atoms with Crippen LogP contribution in [0, 0.1) is 13.8 Å². The van der Waals surface area contributed by atoms with Gasteiger partial charge in [0.15, 0.2) is 5.96 Å². The van der Waals surface area contributed by atoms with Crippen molar-refractivity contribution in [2.75, 3.05) is 19.6 Å². The lowest BCUT2D eigenvalue weighted by molar-refractivity contribution is -0.119. The number of aromatic nitrogens is 1. The summed E-state index contributed by atoms with van der Waals surface area (Å²) in [6.07, 6.45) is 0.837. The van der Waals surface area contributed by atoms with Gasteiger partial charge in [0.2, 0.25) is 5.91 Å². The smallest absolute Gasteiger partial charge is 0.242 e. The molecule has 3 N–H and O–H groups in total. The largest absolute Gasteiger partial charge is 0.357 e. The van der Waals surface area contributed by atoms with Gasteiger partial charge in [0.25, 0.3) is 0 Å². The molecule has 0 aliphatic carbocycles. The van der Waals surface area contributed by atoms with E-state index >= 15 is 0 Å². The molecule has 1 aromatic carbocycles. The molecule has 0 radical (unpaired) electrons. The predicted molar refractivity (Wildman–Crippen MR) is 108 cm³/mol. The summed E-state index contributed by atoms with van der Waals surface area (Å²) < 4.78 is 0. The molecule has 0 aliphatic rings. The lowest BCUT2D eigenvalue weighted by Crippen LogP contribution is -2.39. The average molecular weight is 374 g/mol. The zero-order valence-corrected chi connectivity index (χ0v) is 16.4. The predicted octanol–water partition coefficient (Wildman–Crippen LogP) is 2.17. The monoisotopic (exact) mass is 373 g/mol. The Labute approximate surface area is 159 Å². The molecule has 0 unspecified atom stereocenters. The third-order valence-electron chi connectivity index (χ3n) is 3.76. The summed E-state index contributed by atoms with van der Waals surface area (Å²) >= 11 is 1.73. The molecule has 2 rings (SSSR count). The van der Waals surface area contributed by atoms with Gasteiger partial charge in [0.1, 0.15) is 6.54 Å². The molecule has 1 heterocycles. The molecule has 0 atom stereocenters. The van der Waals surface area contributed by atoms with Gasteiger partial charge >= 0.3 is 0 Å². The number of guanidine groups is 1. The number of hydrogen-bond donors (Lipinski definition) is 3. The van der Waals surface area contributed by atoms with E-state index in [0.717, 1.165) is 35.8 Å². The molecular formula is C19H27N5OS. The minimum atomic E-state index is -0.0998. The summed E-state index contributed by atoms with van der Waals surface area (Å²) in [5.74, 6) is 0.546. The Morgan fingerprint density at radius 3 is 2.58 bits per heavy atom. The second kappa shape index (κ2) is 10.6. The topological polar surface area (TPSA) is 78.4 Å². The van der Waals surface area contributed by atoms with Gasteiger partial charge in [-0.3, -0.25) is 4.79 Å². The number of rotatable bonds is 8. The van der Waals surface area contributed by atoms with Crippen molar-refractivity contribution >= 4 is 23.2 Å². The molecule has 0 aliphatic heterocycles. The standard InChI is InChI=1S/C19H27N5OS/c1-4-20-19(21-11-10-18-24-14(2)15(3)26-18)23-13-17(25)22-12-16-8-6-5-7-9-16/h5-9H,4,10-13H2,1-3H3,(H,22,25)(H2,20,21,23). The zero-order valence-electron chi connectivity index (χ0n) is 15.6. The Morgan fingerprint density at radius 2 is 1.92 bits per heavy atom. The van der Waals surface area contributed by atoms with E-state index in [1.807, 2.05) is 44.2 Å². The fraction of sp³-hybridized carbons (Fsp3) is 0.421. The summed E-state index contributed by atoms with van der Waals surface area (Å²) in [6, 6.07) is 9.84. The van der Waals surface area contributed by atoms with E-state index in [-0.39, 0.29) is 12.5 Å². The van der Waals surface area contributed by atoms with Crippen LogP contribution in [0.25, 0.3) is 0 Å². The minimum absolute atomic E-state index is 0.0949. The lowest BCUT2D eigenvalue weighted by atomic mass is 10.2. The highest BCUT2D eigenvalue weighted by Crippen LogP contribution is 2.16. The Morgan fingerprint density at radius 1 is 1.15 bits per heavy atom. The van der Waals surface area contributed by atoms with Crippen LogP contribution in [0.1, 0.15) is 28.1 Å². The fourth-order valence-electron chi connectivity index (χ4n) is 2.28. The van der Waals surface area contributed by atoms with Gasteiger partial charge in [0, 0.05) is 30.9 Å². The molecule has 2 aromatic rings. The summed E-state index contributed by atoms with van der Waals surface area (Å²) in [6.45, 7) is 8.20. The molecular weight excluding hydrogens is 346 g/mol. The van der Waals surface area contributed by atoms with E-state index < -0.39 is 0 Å². The molecule has 0 fully saturated rings. The Bertz CT molecular complexity index is 707. The number of amides is 1.